The summed E-state index contributed by atoms with van der Waals surface area (Å²) in [6.45, 7) is 20.6. The average molecular weight is 282 g/mol. The van der Waals surface area contributed by atoms with Gasteiger partial charge >= 0.3 is 0 Å². The fourth-order valence-corrected chi connectivity index (χ4v) is 1.92. The minimum Gasteiger partial charge on any atom is -0.233 e. The molecule has 0 saturated carbocycles. The van der Waals surface area contributed by atoms with Crippen LogP contribution in [0.4, 0.5) is 0 Å². The molecule has 118 valence electrons. The first-order chi connectivity index (χ1) is 9.12. The monoisotopic (exact) mass is 282 g/mol. The molecule has 0 aliphatic carbocycles. The minimum absolute atomic E-state index is 0.0594. The molecular formula is C18H34O2. The molecule has 2 atom stereocenters. The molecule has 0 rings (SSSR count). The molecule has 0 aromatic rings. The van der Waals surface area contributed by atoms with Crippen molar-refractivity contribution in [3.63, 3.8) is 0 Å². The molecular weight excluding hydrogens is 248 g/mol. The normalized spacial score (nSPS) is 15.7. The molecule has 0 radical (unpaired) electrons. The summed E-state index contributed by atoms with van der Waals surface area (Å²) in [4.78, 5) is 11.6. The molecule has 2 nitrogen and oxygen atoms in total. The van der Waals surface area contributed by atoms with E-state index in [1.165, 1.54) is 0 Å². The van der Waals surface area contributed by atoms with E-state index >= 15 is 0 Å². The van der Waals surface area contributed by atoms with E-state index in [-0.39, 0.29) is 23.0 Å². The van der Waals surface area contributed by atoms with Crippen LogP contribution in [0.3, 0.4) is 0 Å². The Morgan fingerprint density at radius 1 is 0.750 bits per heavy atom. The summed E-state index contributed by atoms with van der Waals surface area (Å²) in [5, 5.41) is 0. The summed E-state index contributed by atoms with van der Waals surface area (Å²) in [6.07, 6.45) is 7.78. The van der Waals surface area contributed by atoms with Gasteiger partial charge in [-0.05, 0) is 36.5 Å². The molecule has 0 saturated heterocycles. The lowest BCUT2D eigenvalue weighted by molar-refractivity contribution is -0.380. The van der Waals surface area contributed by atoms with Gasteiger partial charge in [0.25, 0.3) is 0 Å². The molecule has 0 N–H and O–H groups in total. The topological polar surface area (TPSA) is 18.5 Å². The molecule has 0 bridgehead atoms. The molecule has 2 heteroatoms. The summed E-state index contributed by atoms with van der Waals surface area (Å²) in [7, 11) is 0. The summed E-state index contributed by atoms with van der Waals surface area (Å²) in [5.41, 5.74) is 0.119. The van der Waals surface area contributed by atoms with Crippen LogP contribution in [0.15, 0.2) is 25.3 Å². The Labute approximate surface area is 126 Å². The van der Waals surface area contributed by atoms with Gasteiger partial charge in [-0.25, -0.2) is 9.78 Å². The van der Waals surface area contributed by atoms with Gasteiger partial charge in [0.1, 0.15) is 0 Å². The molecule has 20 heavy (non-hydrogen) atoms. The van der Waals surface area contributed by atoms with Gasteiger partial charge in [0.15, 0.2) is 0 Å². The van der Waals surface area contributed by atoms with Crippen molar-refractivity contribution < 1.29 is 9.78 Å². The van der Waals surface area contributed by atoms with Gasteiger partial charge in [0, 0.05) is 0 Å². The highest BCUT2D eigenvalue weighted by Gasteiger charge is 2.30. The predicted octanol–water partition coefficient (Wildman–Crippen LogP) is 5.70. The third-order valence-electron chi connectivity index (χ3n) is 3.49. The first-order valence-electron chi connectivity index (χ1n) is 7.66. The molecule has 0 amide bonds. The Bertz CT molecular complexity index is 251. The van der Waals surface area contributed by atoms with E-state index < -0.39 is 0 Å². The van der Waals surface area contributed by atoms with Crippen LogP contribution in [0.5, 0.6) is 0 Å². The maximum absolute atomic E-state index is 5.81. The van der Waals surface area contributed by atoms with Crippen molar-refractivity contribution in [2.45, 2.75) is 79.4 Å². The molecule has 0 aromatic heterocycles. The zero-order valence-electron chi connectivity index (χ0n) is 14.4. The van der Waals surface area contributed by atoms with E-state index in [4.69, 9.17) is 9.78 Å². The van der Waals surface area contributed by atoms with Gasteiger partial charge in [-0.2, -0.15) is 0 Å². The fraction of sp³-hybridized carbons (Fsp3) is 0.778. The van der Waals surface area contributed by atoms with Crippen LogP contribution in [-0.4, -0.2) is 12.2 Å². The maximum atomic E-state index is 5.81. The van der Waals surface area contributed by atoms with Crippen molar-refractivity contribution in [3.05, 3.63) is 25.3 Å². The average Bonchev–Trinajstić information content (AvgIpc) is 2.29. The van der Waals surface area contributed by atoms with Gasteiger partial charge in [-0.15, -0.1) is 13.2 Å². The van der Waals surface area contributed by atoms with E-state index in [0.29, 0.717) is 0 Å². The van der Waals surface area contributed by atoms with E-state index in [1.54, 1.807) is 0 Å². The summed E-state index contributed by atoms with van der Waals surface area (Å²) < 4.78 is 0. The van der Waals surface area contributed by atoms with Crippen LogP contribution < -0.4 is 0 Å². The smallest absolute Gasteiger partial charge is 0.0981 e. The Morgan fingerprint density at radius 2 is 1.05 bits per heavy atom. The summed E-state index contributed by atoms with van der Waals surface area (Å²) in [5.74, 6) is 0. The quantitative estimate of drug-likeness (QED) is 0.307. The standard InChI is InChI=1S/C18H34O2/c1-9-11-13-15(17(3,4)5)19-20-16(14-12-10-2)18(6,7)8/h9-10,15-16H,1-2,11-14H2,3-8H3. The zero-order valence-corrected chi connectivity index (χ0v) is 14.4. The van der Waals surface area contributed by atoms with Crippen molar-refractivity contribution in [1.29, 1.82) is 0 Å². The Hall–Kier alpha value is -0.600. The van der Waals surface area contributed by atoms with Crippen LogP contribution in [0, 0.1) is 10.8 Å². The highest BCUT2D eigenvalue weighted by molar-refractivity contribution is 4.80. The van der Waals surface area contributed by atoms with Gasteiger partial charge in [-0.3, -0.25) is 0 Å². The predicted molar refractivity (Wildman–Crippen MR) is 87.5 cm³/mol. The minimum atomic E-state index is 0.0594. The lowest BCUT2D eigenvalue weighted by atomic mass is 9.86. The summed E-state index contributed by atoms with van der Waals surface area (Å²) in [6, 6.07) is 0. The molecule has 0 aliphatic rings. The van der Waals surface area contributed by atoms with Crippen LogP contribution in [-0.2, 0) is 9.78 Å². The fourth-order valence-electron chi connectivity index (χ4n) is 1.92. The third kappa shape index (κ3) is 7.86. The van der Waals surface area contributed by atoms with Crippen molar-refractivity contribution in [1.82, 2.24) is 0 Å². The number of rotatable bonds is 9. The molecule has 0 fully saturated rings. The highest BCUT2D eigenvalue weighted by atomic mass is 17.2. The molecule has 0 heterocycles. The van der Waals surface area contributed by atoms with Crippen LogP contribution >= 0.6 is 0 Å². The number of hydrogen-bond donors (Lipinski definition) is 0. The van der Waals surface area contributed by atoms with E-state index in [9.17, 15) is 0 Å². The molecule has 2 unspecified atom stereocenters. The van der Waals surface area contributed by atoms with Crippen LogP contribution in [0.25, 0.3) is 0 Å². The zero-order chi connectivity index (χ0) is 15.8. The molecule has 0 spiro atoms. The number of hydrogen-bond acceptors (Lipinski definition) is 2. The second kappa shape index (κ2) is 8.63. The van der Waals surface area contributed by atoms with E-state index in [2.05, 4.69) is 54.7 Å². The second-order valence-corrected chi connectivity index (χ2v) is 7.63. The Kier molecular flexibility index (Phi) is 8.38. The number of allylic oxidation sites excluding steroid dienone is 2. The van der Waals surface area contributed by atoms with Crippen molar-refractivity contribution in [2.24, 2.45) is 10.8 Å². The van der Waals surface area contributed by atoms with Crippen LogP contribution in [0.2, 0.25) is 0 Å². The first kappa shape index (κ1) is 19.4. The van der Waals surface area contributed by atoms with Gasteiger partial charge < -0.3 is 0 Å². The van der Waals surface area contributed by atoms with Gasteiger partial charge in [0.2, 0.25) is 0 Å². The van der Waals surface area contributed by atoms with E-state index in [0.717, 1.165) is 25.7 Å². The Morgan fingerprint density at radius 3 is 1.25 bits per heavy atom. The Balaban J connectivity index is 4.60. The summed E-state index contributed by atoms with van der Waals surface area (Å²) >= 11 is 0. The largest absolute Gasteiger partial charge is 0.233 e. The van der Waals surface area contributed by atoms with Crippen LogP contribution in [0.1, 0.15) is 67.2 Å². The lowest BCUT2D eigenvalue weighted by Crippen LogP contribution is -2.35. The maximum Gasteiger partial charge on any atom is 0.0981 e. The van der Waals surface area contributed by atoms with Crippen molar-refractivity contribution in [3.8, 4) is 0 Å². The van der Waals surface area contributed by atoms with Gasteiger partial charge in [0.05, 0.1) is 12.2 Å². The lowest BCUT2D eigenvalue weighted by Gasteiger charge is -2.34. The van der Waals surface area contributed by atoms with Crippen molar-refractivity contribution in [2.75, 3.05) is 0 Å². The third-order valence-corrected chi connectivity index (χ3v) is 3.49. The van der Waals surface area contributed by atoms with E-state index in [1.807, 2.05) is 12.2 Å². The SMILES string of the molecule is C=CCCC(OOC(CCC=C)C(C)(C)C)C(C)(C)C. The second-order valence-electron chi connectivity index (χ2n) is 7.63. The first-order valence-corrected chi connectivity index (χ1v) is 7.66. The highest BCUT2D eigenvalue weighted by Crippen LogP contribution is 2.31. The molecule has 0 aromatic carbocycles. The van der Waals surface area contributed by atoms with Gasteiger partial charge in [-0.1, -0.05) is 53.7 Å². The van der Waals surface area contributed by atoms with Crippen molar-refractivity contribution >= 4 is 0 Å². The molecule has 0 aliphatic heterocycles.